The molecule has 1 N–H and O–H groups in total. The predicted molar refractivity (Wildman–Crippen MR) is 68.5 cm³/mol. The number of nitrogens with zero attached hydrogens (tertiary/aromatic N) is 1. The van der Waals surface area contributed by atoms with Crippen LogP contribution in [0.5, 0.6) is 0 Å². The molecule has 1 unspecified atom stereocenters. The van der Waals surface area contributed by atoms with Crippen molar-refractivity contribution in [2.45, 2.75) is 26.4 Å². The first-order valence-corrected chi connectivity index (χ1v) is 6.48. The zero-order valence-electron chi connectivity index (χ0n) is 10.2. The fourth-order valence-corrected chi connectivity index (χ4v) is 2.49. The van der Waals surface area contributed by atoms with Gasteiger partial charge in [0.15, 0.2) is 0 Å². The molecule has 0 aliphatic heterocycles. The van der Waals surface area contributed by atoms with Crippen molar-refractivity contribution in [3.63, 3.8) is 0 Å². The molecule has 0 saturated carbocycles. The molecule has 1 heterocycles. The van der Waals surface area contributed by atoms with E-state index in [1.807, 2.05) is 6.92 Å². The average Bonchev–Trinajstić information content (AvgIpc) is 2.72. The highest BCUT2D eigenvalue weighted by atomic mass is 32.1. The molecule has 18 heavy (non-hydrogen) atoms. The first-order valence-electron chi connectivity index (χ1n) is 5.66. The van der Waals surface area contributed by atoms with Crippen LogP contribution in [0.1, 0.15) is 28.4 Å². The molecule has 0 aliphatic rings. The predicted octanol–water partition coefficient (Wildman–Crippen LogP) is 3.58. The molecule has 1 atom stereocenters. The maximum atomic E-state index is 13.5. The molecule has 1 aromatic carbocycles. The highest BCUT2D eigenvalue weighted by molar-refractivity contribution is 7.11. The van der Waals surface area contributed by atoms with E-state index in [4.69, 9.17) is 0 Å². The van der Waals surface area contributed by atoms with Gasteiger partial charge in [0.05, 0.1) is 0 Å². The third-order valence-corrected chi connectivity index (χ3v) is 3.57. The third kappa shape index (κ3) is 2.91. The van der Waals surface area contributed by atoms with E-state index >= 15 is 0 Å². The smallest absolute Gasteiger partial charge is 0.130 e. The van der Waals surface area contributed by atoms with Gasteiger partial charge in [0.2, 0.25) is 0 Å². The standard InChI is InChI=1S/C13H14F2N2S/c1-8-6-17-12(18-8)7-16-9(2)13-10(14)4-3-5-11(13)15/h3-6,9,16H,7H2,1-2H3. The van der Waals surface area contributed by atoms with Gasteiger partial charge >= 0.3 is 0 Å². The Bertz CT molecular complexity index is 519. The van der Waals surface area contributed by atoms with Crippen molar-refractivity contribution in [1.82, 2.24) is 10.3 Å². The Morgan fingerprint density at radius 3 is 2.56 bits per heavy atom. The van der Waals surface area contributed by atoms with E-state index in [1.165, 1.54) is 18.2 Å². The number of benzene rings is 1. The zero-order valence-corrected chi connectivity index (χ0v) is 11.0. The van der Waals surface area contributed by atoms with Crippen LogP contribution in [0.3, 0.4) is 0 Å². The van der Waals surface area contributed by atoms with Gasteiger partial charge in [0.25, 0.3) is 0 Å². The molecule has 0 aliphatic carbocycles. The number of hydrogen-bond donors (Lipinski definition) is 1. The fraction of sp³-hybridized carbons (Fsp3) is 0.308. The van der Waals surface area contributed by atoms with Crippen LogP contribution in [-0.4, -0.2) is 4.98 Å². The summed E-state index contributed by atoms with van der Waals surface area (Å²) in [6.45, 7) is 4.22. The van der Waals surface area contributed by atoms with E-state index in [-0.39, 0.29) is 5.56 Å². The summed E-state index contributed by atoms with van der Waals surface area (Å²) in [6.07, 6.45) is 1.79. The lowest BCUT2D eigenvalue weighted by atomic mass is 10.1. The average molecular weight is 268 g/mol. The van der Waals surface area contributed by atoms with Gasteiger partial charge in [-0.05, 0) is 26.0 Å². The summed E-state index contributed by atoms with van der Waals surface area (Å²) >= 11 is 1.57. The van der Waals surface area contributed by atoms with E-state index in [1.54, 1.807) is 24.5 Å². The van der Waals surface area contributed by atoms with Crippen LogP contribution in [0, 0.1) is 18.6 Å². The van der Waals surface area contributed by atoms with Crippen LogP contribution >= 0.6 is 11.3 Å². The molecule has 0 spiro atoms. The number of halogens is 2. The highest BCUT2D eigenvalue weighted by Gasteiger charge is 2.15. The second kappa shape index (κ2) is 5.54. The molecule has 0 fully saturated rings. The molecule has 96 valence electrons. The topological polar surface area (TPSA) is 24.9 Å². The Hall–Kier alpha value is -1.33. The molecule has 2 rings (SSSR count). The van der Waals surface area contributed by atoms with E-state index in [2.05, 4.69) is 10.3 Å². The monoisotopic (exact) mass is 268 g/mol. The Morgan fingerprint density at radius 1 is 1.33 bits per heavy atom. The number of rotatable bonds is 4. The van der Waals surface area contributed by atoms with Crippen LogP contribution < -0.4 is 5.32 Å². The molecule has 0 saturated heterocycles. The summed E-state index contributed by atoms with van der Waals surface area (Å²) in [4.78, 5) is 5.32. The van der Waals surface area contributed by atoms with Crippen LogP contribution in [-0.2, 0) is 6.54 Å². The number of hydrogen-bond acceptors (Lipinski definition) is 3. The normalized spacial score (nSPS) is 12.7. The van der Waals surface area contributed by atoms with Crippen molar-refractivity contribution in [3.05, 3.63) is 51.5 Å². The lowest BCUT2D eigenvalue weighted by Gasteiger charge is -2.14. The summed E-state index contributed by atoms with van der Waals surface area (Å²) in [7, 11) is 0. The summed E-state index contributed by atoms with van der Waals surface area (Å²) in [5, 5.41) is 3.99. The van der Waals surface area contributed by atoms with Crippen LogP contribution in [0.2, 0.25) is 0 Å². The van der Waals surface area contributed by atoms with Gasteiger partial charge in [-0.15, -0.1) is 11.3 Å². The summed E-state index contributed by atoms with van der Waals surface area (Å²) in [5.41, 5.74) is 0.0748. The van der Waals surface area contributed by atoms with Gasteiger partial charge in [-0.25, -0.2) is 13.8 Å². The van der Waals surface area contributed by atoms with Crippen LogP contribution in [0.15, 0.2) is 24.4 Å². The molecular formula is C13H14F2N2S. The van der Waals surface area contributed by atoms with E-state index in [0.29, 0.717) is 6.54 Å². The summed E-state index contributed by atoms with van der Waals surface area (Å²) in [5.74, 6) is -1.05. The van der Waals surface area contributed by atoms with Gasteiger partial charge in [0, 0.05) is 29.2 Å². The largest absolute Gasteiger partial charge is 0.304 e. The minimum Gasteiger partial charge on any atom is -0.304 e. The maximum Gasteiger partial charge on any atom is 0.130 e. The highest BCUT2D eigenvalue weighted by Crippen LogP contribution is 2.21. The lowest BCUT2D eigenvalue weighted by molar-refractivity contribution is 0.487. The minimum absolute atomic E-state index is 0.0748. The van der Waals surface area contributed by atoms with Gasteiger partial charge in [0.1, 0.15) is 16.6 Å². The molecule has 0 radical (unpaired) electrons. The first kappa shape index (κ1) is 13.1. The Morgan fingerprint density at radius 2 is 2.00 bits per heavy atom. The molecule has 2 nitrogen and oxygen atoms in total. The molecule has 5 heteroatoms. The molecule has 0 amide bonds. The van der Waals surface area contributed by atoms with Crippen molar-refractivity contribution in [2.75, 3.05) is 0 Å². The SMILES string of the molecule is Cc1cnc(CNC(C)c2c(F)cccc2F)s1. The summed E-state index contributed by atoms with van der Waals surface area (Å²) in [6, 6.07) is 3.51. The van der Waals surface area contributed by atoms with Gasteiger partial charge in [-0.3, -0.25) is 0 Å². The molecule has 0 bridgehead atoms. The van der Waals surface area contributed by atoms with E-state index in [9.17, 15) is 8.78 Å². The number of nitrogens with one attached hydrogen (secondary N) is 1. The Labute approximate surface area is 109 Å². The van der Waals surface area contributed by atoms with E-state index in [0.717, 1.165) is 9.88 Å². The van der Waals surface area contributed by atoms with Crippen molar-refractivity contribution in [1.29, 1.82) is 0 Å². The van der Waals surface area contributed by atoms with Crippen molar-refractivity contribution >= 4 is 11.3 Å². The lowest BCUT2D eigenvalue weighted by Crippen LogP contribution is -2.20. The zero-order chi connectivity index (χ0) is 13.1. The fourth-order valence-electron chi connectivity index (χ4n) is 1.75. The van der Waals surface area contributed by atoms with Gasteiger partial charge in [-0.2, -0.15) is 0 Å². The van der Waals surface area contributed by atoms with Crippen LogP contribution in [0.25, 0.3) is 0 Å². The molecular weight excluding hydrogens is 254 g/mol. The van der Waals surface area contributed by atoms with Gasteiger partial charge in [-0.1, -0.05) is 6.07 Å². The molecule has 2 aromatic rings. The number of aryl methyl sites for hydroxylation is 1. The number of thiazole rings is 1. The molecule has 1 aromatic heterocycles. The van der Waals surface area contributed by atoms with Crippen LogP contribution in [0.4, 0.5) is 8.78 Å². The first-order chi connectivity index (χ1) is 8.58. The van der Waals surface area contributed by atoms with Crippen molar-refractivity contribution in [3.8, 4) is 0 Å². The Balaban J connectivity index is 2.06. The second-order valence-corrected chi connectivity index (χ2v) is 5.42. The van der Waals surface area contributed by atoms with E-state index < -0.39 is 17.7 Å². The number of aromatic nitrogens is 1. The van der Waals surface area contributed by atoms with Crippen molar-refractivity contribution < 1.29 is 8.78 Å². The summed E-state index contributed by atoms with van der Waals surface area (Å²) < 4.78 is 27.1. The third-order valence-electron chi connectivity index (χ3n) is 2.66. The Kier molecular flexibility index (Phi) is 4.04. The minimum atomic E-state index is -0.523. The second-order valence-electron chi connectivity index (χ2n) is 4.10. The maximum absolute atomic E-state index is 13.5. The van der Waals surface area contributed by atoms with Crippen molar-refractivity contribution in [2.24, 2.45) is 0 Å². The van der Waals surface area contributed by atoms with Gasteiger partial charge < -0.3 is 5.32 Å². The quantitative estimate of drug-likeness (QED) is 0.916.